The maximum Gasteiger partial charge on any atom is 0.254 e. The van der Waals surface area contributed by atoms with Crippen LogP contribution in [0.4, 0.5) is 14.5 Å². The molecule has 0 unspecified atom stereocenters. The minimum atomic E-state index is -3.70. The normalized spacial score (nSPS) is 11.1. The maximum atomic E-state index is 13.5. The van der Waals surface area contributed by atoms with Crippen LogP contribution in [0.25, 0.3) is 0 Å². The van der Waals surface area contributed by atoms with Crippen LogP contribution in [0.15, 0.2) is 41.3 Å². The predicted molar refractivity (Wildman–Crippen MR) is 94.7 cm³/mol. The average Bonchev–Trinajstić information content (AvgIpc) is 2.61. The van der Waals surface area contributed by atoms with Crippen molar-refractivity contribution >= 4 is 27.5 Å². The van der Waals surface area contributed by atoms with E-state index in [-0.39, 0.29) is 10.6 Å². The van der Waals surface area contributed by atoms with E-state index in [2.05, 4.69) is 15.4 Å². The molecule has 0 saturated carbocycles. The summed E-state index contributed by atoms with van der Waals surface area (Å²) in [6.45, 7) is 1.12. The van der Waals surface area contributed by atoms with Crippen LogP contribution in [0.2, 0.25) is 0 Å². The molecule has 0 saturated heterocycles. The Morgan fingerprint density at radius 1 is 1.07 bits per heavy atom. The summed E-state index contributed by atoms with van der Waals surface area (Å²) in [5.41, 5.74) is 0.297. The van der Waals surface area contributed by atoms with Crippen LogP contribution in [0, 0.1) is 18.6 Å². The Hall–Kier alpha value is -2.85. The van der Waals surface area contributed by atoms with Crippen LogP contribution in [0.1, 0.15) is 15.9 Å². The number of halogens is 2. The lowest BCUT2D eigenvalue weighted by Crippen LogP contribution is -2.33. The summed E-state index contributed by atoms with van der Waals surface area (Å²) in [6.07, 6.45) is 0. The van der Waals surface area contributed by atoms with Crippen molar-refractivity contribution in [3.8, 4) is 0 Å². The molecule has 10 heteroatoms. The molecule has 0 aliphatic rings. The summed E-state index contributed by atoms with van der Waals surface area (Å²) in [6, 6.07) is 6.75. The van der Waals surface area contributed by atoms with Gasteiger partial charge in [-0.05, 0) is 43.8 Å². The van der Waals surface area contributed by atoms with Gasteiger partial charge >= 0.3 is 0 Å². The number of benzene rings is 2. The number of nitrogens with one attached hydrogen (secondary N) is 3. The highest BCUT2D eigenvalue weighted by molar-refractivity contribution is 7.89. The molecule has 2 rings (SSSR count). The zero-order valence-corrected chi connectivity index (χ0v) is 15.3. The topological polar surface area (TPSA) is 104 Å². The molecule has 144 valence electrons. The molecule has 2 aromatic carbocycles. The molecule has 3 N–H and O–H groups in total. The number of aryl methyl sites for hydroxylation is 1. The summed E-state index contributed by atoms with van der Waals surface area (Å²) < 4.78 is 52.5. The van der Waals surface area contributed by atoms with E-state index < -0.39 is 45.6 Å². The van der Waals surface area contributed by atoms with Gasteiger partial charge in [0.15, 0.2) is 0 Å². The van der Waals surface area contributed by atoms with Crippen LogP contribution in [0.3, 0.4) is 0 Å². The van der Waals surface area contributed by atoms with Crippen LogP contribution in [0.5, 0.6) is 0 Å². The summed E-state index contributed by atoms with van der Waals surface area (Å²) in [4.78, 5) is 23.8. The Labute approximate surface area is 154 Å². The summed E-state index contributed by atoms with van der Waals surface area (Å²) >= 11 is 0. The lowest BCUT2D eigenvalue weighted by Gasteiger charge is -2.11. The van der Waals surface area contributed by atoms with Crippen molar-refractivity contribution in [3.63, 3.8) is 0 Å². The van der Waals surface area contributed by atoms with Gasteiger partial charge in [-0.2, -0.15) is 0 Å². The number of amides is 2. The van der Waals surface area contributed by atoms with Crippen LogP contribution in [-0.4, -0.2) is 33.8 Å². The number of anilines is 1. The number of carbonyl (C=O) groups is 2. The van der Waals surface area contributed by atoms with Gasteiger partial charge < -0.3 is 10.6 Å². The molecular formula is C17H17F2N3O4S. The second-order valence-electron chi connectivity index (χ2n) is 5.54. The molecule has 0 spiro atoms. The van der Waals surface area contributed by atoms with Gasteiger partial charge in [-0.25, -0.2) is 21.9 Å². The van der Waals surface area contributed by atoms with Crippen molar-refractivity contribution in [2.75, 3.05) is 18.9 Å². The first-order chi connectivity index (χ1) is 12.6. The molecule has 7 nitrogen and oxygen atoms in total. The first kappa shape index (κ1) is 20.5. The summed E-state index contributed by atoms with van der Waals surface area (Å²) in [5.74, 6) is -3.41. The van der Waals surface area contributed by atoms with Crippen molar-refractivity contribution in [2.24, 2.45) is 0 Å². The highest BCUT2D eigenvalue weighted by Crippen LogP contribution is 2.19. The lowest BCUT2D eigenvalue weighted by molar-refractivity contribution is -0.115. The number of sulfonamides is 1. The van der Waals surface area contributed by atoms with E-state index in [1.807, 2.05) is 0 Å². The van der Waals surface area contributed by atoms with Gasteiger partial charge in [0.1, 0.15) is 11.6 Å². The highest BCUT2D eigenvalue weighted by atomic mass is 32.2. The zero-order valence-electron chi connectivity index (χ0n) is 14.5. The van der Waals surface area contributed by atoms with E-state index in [0.717, 1.165) is 12.1 Å². The minimum Gasteiger partial charge on any atom is -0.343 e. The quantitative estimate of drug-likeness (QED) is 0.688. The van der Waals surface area contributed by atoms with E-state index in [0.29, 0.717) is 11.6 Å². The molecule has 2 amide bonds. The van der Waals surface area contributed by atoms with Gasteiger partial charge in [-0.3, -0.25) is 9.59 Å². The molecule has 0 aliphatic carbocycles. The van der Waals surface area contributed by atoms with E-state index in [1.165, 1.54) is 25.2 Å². The van der Waals surface area contributed by atoms with E-state index in [4.69, 9.17) is 0 Å². The minimum absolute atomic E-state index is 0.000203. The third kappa shape index (κ3) is 5.08. The van der Waals surface area contributed by atoms with Crippen molar-refractivity contribution in [1.29, 1.82) is 0 Å². The Morgan fingerprint density at radius 3 is 2.41 bits per heavy atom. The predicted octanol–water partition coefficient (Wildman–Crippen LogP) is 1.55. The van der Waals surface area contributed by atoms with E-state index in [9.17, 15) is 26.8 Å². The van der Waals surface area contributed by atoms with Crippen molar-refractivity contribution in [2.45, 2.75) is 11.8 Å². The Kier molecular flexibility index (Phi) is 6.24. The summed E-state index contributed by atoms with van der Waals surface area (Å²) in [5, 5.41) is 4.64. The first-order valence-corrected chi connectivity index (χ1v) is 9.19. The fourth-order valence-corrected chi connectivity index (χ4v) is 3.21. The Bertz CT molecular complexity index is 994. The van der Waals surface area contributed by atoms with Gasteiger partial charge in [-0.15, -0.1) is 0 Å². The molecule has 0 heterocycles. The Morgan fingerprint density at radius 2 is 1.78 bits per heavy atom. The second-order valence-corrected chi connectivity index (χ2v) is 7.40. The van der Waals surface area contributed by atoms with Crippen LogP contribution in [-0.2, 0) is 14.8 Å². The Balaban J connectivity index is 2.04. The molecule has 0 radical (unpaired) electrons. The number of carbonyl (C=O) groups excluding carboxylic acids is 2. The van der Waals surface area contributed by atoms with Crippen molar-refractivity contribution < 1.29 is 26.8 Å². The zero-order chi connectivity index (χ0) is 20.2. The molecule has 27 heavy (non-hydrogen) atoms. The highest BCUT2D eigenvalue weighted by Gasteiger charge is 2.17. The lowest BCUT2D eigenvalue weighted by atomic mass is 10.2. The SMILES string of the molecule is CNS(=O)(=O)c1cc(NC(=O)CNC(=O)c2ccc(F)cc2F)ccc1C. The average molecular weight is 397 g/mol. The fraction of sp³-hybridized carbons (Fsp3) is 0.176. The first-order valence-electron chi connectivity index (χ1n) is 7.71. The van der Waals surface area contributed by atoms with Crippen molar-refractivity contribution in [3.05, 3.63) is 59.2 Å². The fourth-order valence-electron chi connectivity index (χ4n) is 2.21. The monoisotopic (exact) mass is 397 g/mol. The van der Waals surface area contributed by atoms with Gasteiger partial charge in [0.25, 0.3) is 5.91 Å². The third-order valence-electron chi connectivity index (χ3n) is 3.62. The third-order valence-corrected chi connectivity index (χ3v) is 5.17. The van der Waals surface area contributed by atoms with Gasteiger partial charge in [0, 0.05) is 11.8 Å². The van der Waals surface area contributed by atoms with Crippen molar-refractivity contribution in [1.82, 2.24) is 10.0 Å². The largest absolute Gasteiger partial charge is 0.343 e. The summed E-state index contributed by atoms with van der Waals surface area (Å²) in [7, 11) is -2.43. The molecule has 0 aromatic heterocycles. The molecular weight excluding hydrogens is 380 g/mol. The number of hydrogen-bond donors (Lipinski definition) is 3. The molecule has 0 aliphatic heterocycles. The van der Waals surface area contributed by atoms with Crippen LogP contribution < -0.4 is 15.4 Å². The standard InChI is InChI=1S/C17H17F2N3O4S/c1-10-3-5-12(8-15(10)27(25,26)20-2)22-16(23)9-21-17(24)13-6-4-11(18)7-14(13)19/h3-8,20H,9H2,1-2H3,(H,21,24)(H,22,23). The molecule has 2 aromatic rings. The maximum absolute atomic E-state index is 13.5. The van der Waals surface area contributed by atoms with Gasteiger partial charge in [-0.1, -0.05) is 6.07 Å². The van der Waals surface area contributed by atoms with Crippen LogP contribution >= 0.6 is 0 Å². The van der Waals surface area contributed by atoms with E-state index in [1.54, 1.807) is 6.92 Å². The smallest absolute Gasteiger partial charge is 0.254 e. The molecule has 0 atom stereocenters. The van der Waals surface area contributed by atoms with Gasteiger partial charge in [0.05, 0.1) is 17.0 Å². The number of hydrogen-bond acceptors (Lipinski definition) is 4. The molecule has 0 bridgehead atoms. The van der Waals surface area contributed by atoms with E-state index >= 15 is 0 Å². The number of rotatable bonds is 6. The second kappa shape index (κ2) is 8.23. The molecule has 0 fully saturated rings. The van der Waals surface area contributed by atoms with Gasteiger partial charge in [0.2, 0.25) is 15.9 Å².